The van der Waals surface area contributed by atoms with Crippen LogP contribution in [0.5, 0.6) is 5.75 Å². The van der Waals surface area contributed by atoms with Crippen molar-refractivity contribution >= 4 is 27.9 Å². The molecule has 1 saturated heterocycles. The van der Waals surface area contributed by atoms with Gasteiger partial charge in [0.1, 0.15) is 34.5 Å². The second kappa shape index (κ2) is 9.32. The molecule has 0 bridgehead atoms. The summed E-state index contributed by atoms with van der Waals surface area (Å²) in [5.74, 6) is -0.508. The lowest BCUT2D eigenvalue weighted by molar-refractivity contribution is -0.0501. The number of pyridine rings is 2. The first-order chi connectivity index (χ1) is 16.9. The molecular formula is C22H27F3N6O4S. The van der Waals surface area contributed by atoms with Crippen molar-refractivity contribution < 1.29 is 32.0 Å². The van der Waals surface area contributed by atoms with E-state index >= 15 is 4.39 Å². The van der Waals surface area contributed by atoms with Gasteiger partial charge in [0.25, 0.3) is 0 Å². The van der Waals surface area contributed by atoms with Gasteiger partial charge in [-0.3, -0.25) is 24.2 Å². The molecule has 196 valence electrons. The van der Waals surface area contributed by atoms with E-state index in [-0.39, 0.29) is 29.6 Å². The van der Waals surface area contributed by atoms with E-state index in [0.717, 1.165) is 6.20 Å². The third-order valence-corrected chi connectivity index (χ3v) is 10.8. The molecule has 1 fully saturated rings. The Kier molecular flexibility index (Phi) is 6.68. The molecule has 36 heavy (non-hydrogen) atoms. The average molecular weight is 529 g/mol. The van der Waals surface area contributed by atoms with Crippen LogP contribution in [0.25, 0.3) is 0 Å². The van der Waals surface area contributed by atoms with Gasteiger partial charge in [-0.05, 0) is 61.6 Å². The minimum atomic E-state index is -3.30. The van der Waals surface area contributed by atoms with Crippen LogP contribution in [0.4, 0.5) is 23.8 Å². The van der Waals surface area contributed by atoms with Crippen LogP contribution in [0.3, 0.4) is 0 Å². The van der Waals surface area contributed by atoms with Gasteiger partial charge in [0.2, 0.25) is 0 Å². The fraction of sp³-hybridized carbons (Fsp3) is 0.455. The third kappa shape index (κ3) is 4.50. The number of rotatable bonds is 6. The number of carbonyl (C=O) groups is 1. The van der Waals surface area contributed by atoms with Crippen molar-refractivity contribution in [1.29, 1.82) is 0 Å². The van der Waals surface area contributed by atoms with E-state index in [1.54, 1.807) is 20.8 Å². The second-order valence-electron chi connectivity index (χ2n) is 9.21. The SMILES string of the molecule is CC1(C)C(NC(=O)O)=N[C@](C)(c2nc(NCc3ccc(OC(F)F)cn3)ccc2F)[C@@H]2CCN[SH]21=O. The van der Waals surface area contributed by atoms with Crippen molar-refractivity contribution in [2.45, 2.75) is 55.9 Å². The summed E-state index contributed by atoms with van der Waals surface area (Å²) in [7, 11) is -3.30. The molecule has 0 saturated carbocycles. The Labute approximate surface area is 206 Å². The fourth-order valence-electron chi connectivity index (χ4n) is 4.74. The summed E-state index contributed by atoms with van der Waals surface area (Å²) in [5, 5.41) is 14.0. The number of aromatic nitrogens is 2. The number of alkyl halides is 2. The summed E-state index contributed by atoms with van der Waals surface area (Å²) in [5.41, 5.74) is -0.999. The summed E-state index contributed by atoms with van der Waals surface area (Å²) < 4.78 is 60.2. The van der Waals surface area contributed by atoms with E-state index in [1.807, 2.05) is 0 Å². The number of aliphatic imine (C=N–C) groups is 1. The van der Waals surface area contributed by atoms with Crippen molar-refractivity contribution in [2.24, 2.45) is 4.99 Å². The summed E-state index contributed by atoms with van der Waals surface area (Å²) in [4.78, 5) is 24.5. The highest BCUT2D eigenvalue weighted by Gasteiger charge is 2.59. The molecule has 0 aliphatic carbocycles. The first-order valence-corrected chi connectivity index (χ1v) is 12.9. The number of amides is 1. The molecule has 2 aliphatic heterocycles. The zero-order chi connectivity index (χ0) is 26.3. The number of anilines is 1. The molecule has 0 spiro atoms. The van der Waals surface area contributed by atoms with Crippen LogP contribution >= 0.6 is 0 Å². The number of ether oxygens (including phenoxy) is 1. The average Bonchev–Trinajstić information content (AvgIpc) is 3.22. The van der Waals surface area contributed by atoms with Crippen LogP contribution < -0.4 is 20.1 Å². The molecule has 1 amide bonds. The monoisotopic (exact) mass is 528 g/mol. The van der Waals surface area contributed by atoms with Gasteiger partial charge in [-0.15, -0.1) is 0 Å². The van der Waals surface area contributed by atoms with Crippen molar-refractivity contribution in [3.8, 4) is 5.75 Å². The van der Waals surface area contributed by atoms with Crippen LogP contribution in [0, 0.1) is 5.82 Å². The van der Waals surface area contributed by atoms with Gasteiger partial charge in [-0.25, -0.2) is 14.2 Å². The molecule has 4 heterocycles. The van der Waals surface area contributed by atoms with Gasteiger partial charge in [0.15, 0.2) is 0 Å². The lowest BCUT2D eigenvalue weighted by Crippen LogP contribution is -2.66. The number of thiol groups is 1. The zero-order valence-electron chi connectivity index (χ0n) is 19.8. The van der Waals surface area contributed by atoms with Gasteiger partial charge in [0.05, 0.1) is 28.4 Å². The first kappa shape index (κ1) is 25.8. The molecule has 2 aliphatic rings. The zero-order valence-corrected chi connectivity index (χ0v) is 20.7. The number of halogens is 3. The Morgan fingerprint density at radius 3 is 2.69 bits per heavy atom. The fourth-order valence-corrected chi connectivity index (χ4v) is 8.40. The minimum absolute atomic E-state index is 0.0265. The van der Waals surface area contributed by atoms with Crippen molar-refractivity contribution in [3.63, 3.8) is 0 Å². The number of fused-ring (bicyclic) bond motifs is 1. The molecule has 2 aromatic rings. The summed E-state index contributed by atoms with van der Waals surface area (Å²) in [6.07, 6.45) is 0.236. The van der Waals surface area contributed by atoms with Crippen LogP contribution in [0.1, 0.15) is 38.6 Å². The molecule has 0 radical (unpaired) electrons. The third-order valence-electron chi connectivity index (χ3n) is 6.63. The highest BCUT2D eigenvalue weighted by Crippen LogP contribution is 2.48. The van der Waals surface area contributed by atoms with Gasteiger partial charge in [0, 0.05) is 6.54 Å². The highest BCUT2D eigenvalue weighted by molar-refractivity contribution is 8.04. The number of hydrogen-bond donors (Lipinski definition) is 5. The van der Waals surface area contributed by atoms with Crippen molar-refractivity contribution in [3.05, 3.63) is 47.7 Å². The predicted molar refractivity (Wildman–Crippen MR) is 128 cm³/mol. The Bertz CT molecular complexity index is 1240. The predicted octanol–water partition coefficient (Wildman–Crippen LogP) is 2.80. The quantitative estimate of drug-likeness (QED) is 0.364. The largest absolute Gasteiger partial charge is 0.465 e. The van der Waals surface area contributed by atoms with Crippen LogP contribution in [-0.2, 0) is 22.2 Å². The molecule has 14 heteroatoms. The molecule has 0 unspecified atom stereocenters. The number of amidine groups is 1. The maximum absolute atomic E-state index is 15.2. The topological polar surface area (TPSA) is 138 Å². The number of carboxylic acid groups (broad SMARTS) is 1. The lowest BCUT2D eigenvalue weighted by atomic mass is 9.89. The number of nitrogens with one attached hydrogen (secondary N) is 3. The molecule has 2 aromatic heterocycles. The van der Waals surface area contributed by atoms with Gasteiger partial charge < -0.3 is 15.2 Å². The molecular weight excluding hydrogens is 501 g/mol. The van der Waals surface area contributed by atoms with Crippen LogP contribution in [0.2, 0.25) is 0 Å². The Hall–Kier alpha value is -3.26. The van der Waals surface area contributed by atoms with Crippen molar-refractivity contribution in [2.75, 3.05) is 11.9 Å². The first-order valence-electron chi connectivity index (χ1n) is 11.1. The van der Waals surface area contributed by atoms with Gasteiger partial charge in [-0.1, -0.05) is 0 Å². The number of hydrogen-bond acceptors (Lipinski definition) is 7. The summed E-state index contributed by atoms with van der Waals surface area (Å²) in [6.45, 7) is 2.51. The number of nitrogens with zero attached hydrogens (tertiary/aromatic N) is 3. The second-order valence-corrected chi connectivity index (χ2v) is 12.6. The molecule has 10 nitrogen and oxygen atoms in total. The smallest absolute Gasteiger partial charge is 0.410 e. The Morgan fingerprint density at radius 1 is 1.31 bits per heavy atom. The molecule has 0 aromatic carbocycles. The molecule has 4 N–H and O–H groups in total. The summed E-state index contributed by atoms with van der Waals surface area (Å²) in [6, 6.07) is 5.46. The maximum atomic E-state index is 15.2. The normalized spacial score (nSPS) is 25.0. The van der Waals surface area contributed by atoms with Crippen molar-refractivity contribution in [1.82, 2.24) is 20.0 Å². The van der Waals surface area contributed by atoms with Gasteiger partial charge in [-0.2, -0.15) is 8.78 Å². The van der Waals surface area contributed by atoms with E-state index in [0.29, 0.717) is 18.7 Å². The van der Waals surface area contributed by atoms with E-state index < -0.39 is 44.2 Å². The van der Waals surface area contributed by atoms with E-state index in [4.69, 9.17) is 0 Å². The molecule has 2 atom stereocenters. The maximum Gasteiger partial charge on any atom is 0.410 e. The highest BCUT2D eigenvalue weighted by atomic mass is 32.3. The van der Waals surface area contributed by atoms with E-state index in [2.05, 4.69) is 35.1 Å². The van der Waals surface area contributed by atoms with Crippen LogP contribution in [0.15, 0.2) is 35.5 Å². The van der Waals surface area contributed by atoms with E-state index in [1.165, 1.54) is 24.3 Å². The summed E-state index contributed by atoms with van der Waals surface area (Å²) >= 11 is 0. The van der Waals surface area contributed by atoms with E-state index in [9.17, 15) is 22.9 Å². The standard InChI is InChI=1S/C22H27F3N6O4S/c1-21(2)18(30-20(32)33)31-22(3,15-8-9-28-36(15,21)34)17-14(23)6-7-16(29-17)27-10-12-4-5-13(11-26-12)35-19(24)25/h4-7,11,15,19,36H,8-10H2,1-3H3,(H,27,29)(H,28,34)(H,30,31)(H,32,33)/t15-,22-/m0/s1. The minimum Gasteiger partial charge on any atom is -0.465 e. The van der Waals surface area contributed by atoms with Gasteiger partial charge >= 0.3 is 12.7 Å². The molecule has 4 rings (SSSR count). The lowest BCUT2D eigenvalue weighted by Gasteiger charge is -2.50. The Balaban J connectivity index is 1.66. The Morgan fingerprint density at radius 2 is 2.06 bits per heavy atom. The van der Waals surface area contributed by atoms with Crippen LogP contribution in [-0.4, -0.2) is 54.4 Å².